The van der Waals surface area contributed by atoms with Gasteiger partial charge in [-0.1, -0.05) is 51.8 Å². The van der Waals surface area contributed by atoms with E-state index in [0.29, 0.717) is 30.0 Å². The molecule has 0 saturated heterocycles. The lowest BCUT2D eigenvalue weighted by molar-refractivity contribution is -0.132. The zero-order chi connectivity index (χ0) is 30.9. The minimum Gasteiger partial charge on any atom is -0.497 e. The number of hydrogen-bond donors (Lipinski definition) is 3. The van der Waals surface area contributed by atoms with Gasteiger partial charge < -0.3 is 30.0 Å². The second-order valence-corrected chi connectivity index (χ2v) is 11.4. The van der Waals surface area contributed by atoms with Gasteiger partial charge in [-0.2, -0.15) is 0 Å². The van der Waals surface area contributed by atoms with Gasteiger partial charge in [-0.15, -0.1) is 0 Å². The van der Waals surface area contributed by atoms with E-state index in [-0.39, 0.29) is 47.8 Å². The first-order valence-electron chi connectivity index (χ1n) is 14.7. The number of amides is 1. The van der Waals surface area contributed by atoms with Gasteiger partial charge in [0.05, 0.1) is 13.2 Å². The second-order valence-electron chi connectivity index (χ2n) is 11.4. The molecule has 1 aliphatic rings. The molecule has 3 N–H and O–H groups in total. The van der Waals surface area contributed by atoms with Crippen molar-refractivity contribution < 1.29 is 33.3 Å². The molecule has 1 aliphatic carbocycles. The molecule has 9 heteroatoms. The predicted octanol–water partition coefficient (Wildman–Crippen LogP) is 7.03. The average molecular weight is 593 g/mol. The number of ether oxygens (including phenoxy) is 3. The second kappa shape index (κ2) is 14.9. The fourth-order valence-electron chi connectivity index (χ4n) is 5.86. The molecule has 3 aromatic rings. The minimum absolute atomic E-state index is 0.0533. The van der Waals surface area contributed by atoms with Crippen LogP contribution in [0, 0.1) is 23.6 Å². The van der Waals surface area contributed by atoms with Gasteiger partial charge in [0.15, 0.2) is 0 Å². The van der Waals surface area contributed by atoms with Crippen LogP contribution >= 0.6 is 0 Å². The first-order chi connectivity index (χ1) is 20.7. The van der Waals surface area contributed by atoms with E-state index in [0.717, 1.165) is 24.1 Å². The summed E-state index contributed by atoms with van der Waals surface area (Å²) in [6.07, 6.45) is 3.47. The molecule has 230 valence electrons. The third kappa shape index (κ3) is 8.47. The van der Waals surface area contributed by atoms with E-state index >= 15 is 0 Å². The van der Waals surface area contributed by atoms with Gasteiger partial charge in [0, 0.05) is 24.3 Å². The van der Waals surface area contributed by atoms with Gasteiger partial charge >= 0.3 is 5.97 Å². The molecular weight excluding hydrogens is 551 g/mol. The molecule has 0 heterocycles. The van der Waals surface area contributed by atoms with Crippen molar-refractivity contribution in [1.82, 2.24) is 5.32 Å². The number of hydrogen-bond acceptors (Lipinski definition) is 6. The number of carbonyl (C=O) groups excluding carboxylic acids is 1. The summed E-state index contributed by atoms with van der Waals surface area (Å²) in [5, 5.41) is 15.7. The van der Waals surface area contributed by atoms with Crippen LogP contribution in [0.3, 0.4) is 0 Å². The van der Waals surface area contributed by atoms with Gasteiger partial charge in [0.25, 0.3) is 0 Å². The first kappa shape index (κ1) is 31.8. The Morgan fingerprint density at radius 2 is 1.79 bits per heavy atom. The number of methoxy groups -OCH3 is 1. The fourth-order valence-corrected chi connectivity index (χ4v) is 5.86. The van der Waals surface area contributed by atoms with Crippen molar-refractivity contribution in [2.24, 2.45) is 17.8 Å². The molecule has 0 bridgehead atoms. The fraction of sp³-hybridized carbons (Fsp3) is 0.412. The summed E-state index contributed by atoms with van der Waals surface area (Å²) in [6.45, 7) is 7.26. The van der Waals surface area contributed by atoms with Crippen molar-refractivity contribution in [3.63, 3.8) is 0 Å². The average Bonchev–Trinajstić information content (AvgIpc) is 2.99. The van der Waals surface area contributed by atoms with Gasteiger partial charge in [0.1, 0.15) is 35.2 Å². The van der Waals surface area contributed by atoms with Gasteiger partial charge in [-0.05, 0) is 72.2 Å². The molecule has 0 spiro atoms. The Bertz CT molecular complexity index is 1390. The Kier molecular flexibility index (Phi) is 11.0. The number of benzene rings is 3. The van der Waals surface area contributed by atoms with Gasteiger partial charge in [0.2, 0.25) is 5.91 Å². The Labute approximate surface area is 252 Å². The van der Waals surface area contributed by atoms with E-state index in [1.807, 2.05) is 24.3 Å². The van der Waals surface area contributed by atoms with Crippen molar-refractivity contribution >= 4 is 17.6 Å². The summed E-state index contributed by atoms with van der Waals surface area (Å²) in [7, 11) is 1.44. The molecule has 0 aliphatic heterocycles. The summed E-state index contributed by atoms with van der Waals surface area (Å²) in [5.41, 5.74) is 1.81. The zero-order valence-electron chi connectivity index (χ0n) is 25.2. The lowest BCUT2D eigenvalue weighted by Gasteiger charge is -2.38. The largest absolute Gasteiger partial charge is 0.497 e. The normalized spacial score (nSPS) is 18.2. The van der Waals surface area contributed by atoms with Crippen molar-refractivity contribution in [1.29, 1.82) is 0 Å². The van der Waals surface area contributed by atoms with Crippen LogP contribution in [0.2, 0.25) is 0 Å². The van der Waals surface area contributed by atoms with E-state index < -0.39 is 11.8 Å². The molecular formula is C34H41FN2O6. The zero-order valence-corrected chi connectivity index (χ0v) is 25.2. The lowest BCUT2D eigenvalue weighted by atomic mass is 9.72. The van der Waals surface area contributed by atoms with E-state index in [1.54, 1.807) is 12.1 Å². The smallest absolute Gasteiger partial charge is 0.339 e. The van der Waals surface area contributed by atoms with Gasteiger partial charge in [-0.3, -0.25) is 4.79 Å². The molecule has 1 amide bonds. The van der Waals surface area contributed by atoms with Crippen LogP contribution < -0.4 is 20.1 Å². The maximum absolute atomic E-state index is 14.8. The maximum Gasteiger partial charge on any atom is 0.339 e. The summed E-state index contributed by atoms with van der Waals surface area (Å²) in [4.78, 5) is 24.2. The van der Waals surface area contributed by atoms with Crippen LogP contribution in [0.5, 0.6) is 17.2 Å². The monoisotopic (exact) mass is 592 g/mol. The Balaban J connectivity index is 1.31. The van der Waals surface area contributed by atoms with E-state index in [4.69, 9.17) is 14.2 Å². The number of nitrogens with one attached hydrogen (secondary N) is 2. The lowest BCUT2D eigenvalue weighted by Crippen LogP contribution is -2.39. The van der Waals surface area contributed by atoms with Crippen molar-refractivity contribution in [3.8, 4) is 17.2 Å². The molecule has 43 heavy (non-hydrogen) atoms. The molecule has 8 nitrogen and oxygen atoms in total. The van der Waals surface area contributed by atoms with E-state index in [2.05, 4.69) is 31.4 Å². The number of carboxylic acids is 1. The molecule has 4 rings (SSSR count). The number of carboxylic acid groups (broad SMARTS) is 1. The van der Waals surface area contributed by atoms with Crippen molar-refractivity contribution in [2.45, 2.75) is 59.2 Å². The topological polar surface area (TPSA) is 106 Å². The van der Waals surface area contributed by atoms with Crippen LogP contribution in [0.1, 0.15) is 61.5 Å². The van der Waals surface area contributed by atoms with Crippen LogP contribution in [0.25, 0.3) is 0 Å². The number of halogens is 1. The highest BCUT2D eigenvalue weighted by Crippen LogP contribution is 2.37. The predicted molar refractivity (Wildman–Crippen MR) is 163 cm³/mol. The third-order valence-electron chi connectivity index (χ3n) is 8.06. The van der Waals surface area contributed by atoms with E-state index in [1.165, 1.54) is 37.8 Å². The Morgan fingerprint density at radius 1 is 1.02 bits per heavy atom. The third-order valence-corrected chi connectivity index (χ3v) is 8.06. The number of aromatic carboxylic acids is 1. The summed E-state index contributed by atoms with van der Waals surface area (Å²) in [6, 6.07) is 16.3. The first-order valence-corrected chi connectivity index (χ1v) is 14.7. The summed E-state index contributed by atoms with van der Waals surface area (Å²) in [5.74, 6) is 0.420. The van der Waals surface area contributed by atoms with Crippen LogP contribution in [-0.4, -0.2) is 36.8 Å². The number of rotatable bonds is 13. The van der Waals surface area contributed by atoms with E-state index in [9.17, 15) is 19.1 Å². The molecule has 3 aromatic carbocycles. The molecule has 3 atom stereocenters. The standard InChI is InChI=1S/C34H41FN2O6/c1-21(2)33-22(3)7-5-10-31(33)42-20-32(38)37-18-23-11-13-24(14-12-23)36-19-27-28(35)8-6-9-29(27)43-30-16-15-25(41-4)17-26(30)34(39)40/h6,8-9,11-17,21-22,31,33,36H,5,7,10,18-20H2,1-4H3,(H,37,38)(H,39,40). The highest BCUT2D eigenvalue weighted by molar-refractivity contribution is 5.91. The highest BCUT2D eigenvalue weighted by Gasteiger charge is 2.33. The van der Waals surface area contributed by atoms with Crippen LogP contribution in [-0.2, 0) is 22.6 Å². The molecule has 3 unspecified atom stereocenters. The highest BCUT2D eigenvalue weighted by atomic mass is 19.1. The van der Waals surface area contributed by atoms with Crippen molar-refractivity contribution in [2.75, 3.05) is 19.0 Å². The molecule has 0 radical (unpaired) electrons. The molecule has 1 fully saturated rings. The quantitative estimate of drug-likeness (QED) is 0.196. The summed E-state index contributed by atoms with van der Waals surface area (Å²) < 4.78 is 31.9. The molecule has 0 aromatic heterocycles. The summed E-state index contributed by atoms with van der Waals surface area (Å²) >= 11 is 0. The van der Waals surface area contributed by atoms with Gasteiger partial charge in [-0.25, -0.2) is 9.18 Å². The maximum atomic E-state index is 14.8. The minimum atomic E-state index is -1.19. The Morgan fingerprint density at radius 3 is 2.49 bits per heavy atom. The van der Waals surface area contributed by atoms with Crippen LogP contribution in [0.4, 0.5) is 10.1 Å². The molecule has 1 saturated carbocycles. The number of anilines is 1. The van der Waals surface area contributed by atoms with Crippen LogP contribution in [0.15, 0.2) is 60.7 Å². The van der Waals surface area contributed by atoms with Crippen molar-refractivity contribution in [3.05, 3.63) is 83.2 Å². The number of carbonyl (C=O) groups is 2. The SMILES string of the molecule is COc1ccc(Oc2cccc(F)c2CNc2ccc(CNC(=O)COC3CCCC(C)C3C(C)C)cc2)c(C(=O)O)c1. The Hall–Kier alpha value is -4.11.